The number of nitrogens with zero attached hydrogens (tertiary/aromatic N) is 1. The first kappa shape index (κ1) is 19.6. The van der Waals surface area contributed by atoms with Gasteiger partial charge in [0.05, 0.1) is 6.04 Å². The summed E-state index contributed by atoms with van der Waals surface area (Å²) in [6.45, 7) is 0. The molecule has 0 aromatic heterocycles. The molecule has 5 nitrogen and oxygen atoms in total. The van der Waals surface area contributed by atoms with Gasteiger partial charge in [-0.15, -0.1) is 0 Å². The molecule has 0 spiro atoms. The number of anilines is 1. The number of phenols is 1. The number of β-lactam (4-membered cyclic amide) rings is 1. The van der Waals surface area contributed by atoms with Crippen LogP contribution in [0.15, 0.2) is 72.8 Å². The number of rotatable bonds is 6. The molecule has 0 saturated carbocycles. The second-order valence-corrected chi connectivity index (χ2v) is 7.04. The van der Waals surface area contributed by atoms with Crippen molar-refractivity contribution in [2.75, 3.05) is 4.90 Å². The molecule has 3 aromatic carbocycles. The minimum Gasteiger partial charge on any atom is -0.508 e. The molecule has 1 aliphatic heterocycles. The summed E-state index contributed by atoms with van der Waals surface area (Å²) in [6, 6.07) is 15.2. The average molecular weight is 408 g/mol. The number of hydrogen-bond donors (Lipinski definition) is 2. The molecule has 2 N–H and O–H groups in total. The highest BCUT2D eigenvalue weighted by Crippen LogP contribution is 2.38. The Bertz CT molecular complexity index is 1050. The molecule has 3 aromatic rings. The molecule has 4 rings (SSSR count). The third kappa shape index (κ3) is 3.61. The number of benzene rings is 3. The van der Waals surface area contributed by atoms with Crippen molar-refractivity contribution in [2.45, 2.75) is 18.1 Å². The molecular formula is C23H18F2N2O3. The lowest BCUT2D eigenvalue weighted by molar-refractivity contribution is -0.131. The van der Waals surface area contributed by atoms with Crippen LogP contribution >= 0.6 is 0 Å². The number of carbonyl (C=O) groups excluding carboxylic acids is 2. The predicted octanol–water partition coefficient (Wildman–Crippen LogP) is 3.66. The van der Waals surface area contributed by atoms with E-state index >= 15 is 0 Å². The minimum atomic E-state index is -0.897. The van der Waals surface area contributed by atoms with Gasteiger partial charge in [-0.2, -0.15) is 0 Å². The SMILES string of the molecule is O=CC(c1ccc(F)cc1)N(c1ccc(F)cc1)C1C(=O)NC1c1ccc(O)cc1. The Kier molecular flexibility index (Phi) is 5.18. The summed E-state index contributed by atoms with van der Waals surface area (Å²) >= 11 is 0. The Hall–Kier alpha value is -3.74. The Morgan fingerprint density at radius 1 is 0.900 bits per heavy atom. The van der Waals surface area contributed by atoms with Crippen LogP contribution in [-0.2, 0) is 9.59 Å². The number of phenolic OH excluding ortho intramolecular Hbond substituents is 1. The molecule has 1 fully saturated rings. The van der Waals surface area contributed by atoms with Gasteiger partial charge in [0.1, 0.15) is 35.8 Å². The van der Waals surface area contributed by atoms with Gasteiger partial charge in [0.2, 0.25) is 5.91 Å². The largest absolute Gasteiger partial charge is 0.508 e. The summed E-state index contributed by atoms with van der Waals surface area (Å²) in [5.41, 5.74) is 1.72. The average Bonchev–Trinajstić information content (AvgIpc) is 2.74. The molecular weight excluding hydrogens is 390 g/mol. The van der Waals surface area contributed by atoms with E-state index in [0.29, 0.717) is 17.5 Å². The van der Waals surface area contributed by atoms with Crippen LogP contribution in [0.5, 0.6) is 5.75 Å². The van der Waals surface area contributed by atoms with Crippen molar-refractivity contribution >= 4 is 17.9 Å². The van der Waals surface area contributed by atoms with Crippen molar-refractivity contribution in [3.8, 4) is 5.75 Å². The lowest BCUT2D eigenvalue weighted by atomic mass is 9.88. The predicted molar refractivity (Wildman–Crippen MR) is 107 cm³/mol. The summed E-state index contributed by atoms with van der Waals surface area (Å²) in [6.07, 6.45) is 0.677. The number of carbonyl (C=O) groups is 2. The Balaban J connectivity index is 1.78. The first-order valence-corrected chi connectivity index (χ1v) is 9.32. The van der Waals surface area contributed by atoms with Gasteiger partial charge in [0.15, 0.2) is 0 Å². The van der Waals surface area contributed by atoms with E-state index in [9.17, 15) is 23.5 Å². The molecule has 1 saturated heterocycles. The standard InChI is InChI=1S/C23H18F2N2O3/c24-16-5-1-14(2-6-16)20(13-28)27(18-9-7-17(25)8-10-18)22-21(26-23(22)30)15-3-11-19(29)12-4-15/h1-13,20-22,29H,(H,26,30). The highest BCUT2D eigenvalue weighted by atomic mass is 19.1. The van der Waals surface area contributed by atoms with Gasteiger partial charge in [0.25, 0.3) is 0 Å². The fraction of sp³-hybridized carbons (Fsp3) is 0.130. The second kappa shape index (κ2) is 7.94. The third-order valence-corrected chi connectivity index (χ3v) is 5.20. The summed E-state index contributed by atoms with van der Waals surface area (Å²) < 4.78 is 26.9. The number of aldehydes is 1. The fourth-order valence-electron chi connectivity index (χ4n) is 3.68. The topological polar surface area (TPSA) is 69.6 Å². The summed E-state index contributed by atoms with van der Waals surface area (Å²) in [5, 5.41) is 12.4. The maximum Gasteiger partial charge on any atom is 0.245 e. The first-order chi connectivity index (χ1) is 14.5. The van der Waals surface area contributed by atoms with Crippen LogP contribution in [0.2, 0.25) is 0 Å². The van der Waals surface area contributed by atoms with Crippen LogP contribution in [-0.4, -0.2) is 23.3 Å². The number of nitrogens with one attached hydrogen (secondary N) is 1. The lowest BCUT2D eigenvalue weighted by Crippen LogP contribution is -2.64. The van der Waals surface area contributed by atoms with Gasteiger partial charge >= 0.3 is 0 Å². The fourth-order valence-corrected chi connectivity index (χ4v) is 3.68. The van der Waals surface area contributed by atoms with E-state index in [1.165, 1.54) is 60.7 Å². The maximum atomic E-state index is 13.5. The quantitative estimate of drug-likeness (QED) is 0.483. The van der Waals surface area contributed by atoms with Crippen LogP contribution in [0.3, 0.4) is 0 Å². The smallest absolute Gasteiger partial charge is 0.245 e. The lowest BCUT2D eigenvalue weighted by Gasteiger charge is -2.47. The zero-order chi connectivity index (χ0) is 21.3. The van der Waals surface area contributed by atoms with E-state index in [-0.39, 0.29) is 11.7 Å². The molecule has 30 heavy (non-hydrogen) atoms. The van der Waals surface area contributed by atoms with Crippen LogP contribution in [0.4, 0.5) is 14.5 Å². The second-order valence-electron chi connectivity index (χ2n) is 7.04. The van der Waals surface area contributed by atoms with Gasteiger partial charge < -0.3 is 20.1 Å². The van der Waals surface area contributed by atoms with Gasteiger partial charge in [-0.3, -0.25) is 4.79 Å². The summed E-state index contributed by atoms with van der Waals surface area (Å²) in [4.78, 5) is 26.4. The van der Waals surface area contributed by atoms with Gasteiger partial charge in [-0.25, -0.2) is 8.78 Å². The van der Waals surface area contributed by atoms with Crippen molar-refractivity contribution in [1.29, 1.82) is 0 Å². The monoisotopic (exact) mass is 408 g/mol. The van der Waals surface area contributed by atoms with E-state index in [4.69, 9.17) is 0 Å². The molecule has 7 heteroatoms. The van der Waals surface area contributed by atoms with Crippen molar-refractivity contribution in [3.63, 3.8) is 0 Å². The van der Waals surface area contributed by atoms with Gasteiger partial charge in [0, 0.05) is 5.69 Å². The van der Waals surface area contributed by atoms with E-state index in [2.05, 4.69) is 5.32 Å². The normalized spacial score (nSPS) is 18.8. The summed E-state index contributed by atoms with van der Waals surface area (Å²) in [7, 11) is 0. The molecule has 3 atom stereocenters. The number of aromatic hydroxyl groups is 1. The zero-order valence-electron chi connectivity index (χ0n) is 15.7. The Morgan fingerprint density at radius 3 is 2.00 bits per heavy atom. The van der Waals surface area contributed by atoms with E-state index in [1.807, 2.05) is 0 Å². The maximum absolute atomic E-state index is 13.5. The molecule has 0 radical (unpaired) electrons. The zero-order valence-corrected chi connectivity index (χ0v) is 15.7. The minimum absolute atomic E-state index is 0.0911. The number of halogens is 2. The van der Waals surface area contributed by atoms with E-state index in [0.717, 1.165) is 5.56 Å². The van der Waals surface area contributed by atoms with Crippen molar-refractivity contribution in [3.05, 3.63) is 95.6 Å². The molecule has 152 valence electrons. The highest BCUT2D eigenvalue weighted by molar-refractivity contribution is 5.94. The van der Waals surface area contributed by atoms with Crippen LogP contribution in [0.1, 0.15) is 23.2 Å². The van der Waals surface area contributed by atoms with Gasteiger partial charge in [-0.05, 0) is 59.7 Å². The molecule has 1 heterocycles. The van der Waals surface area contributed by atoms with Crippen molar-refractivity contribution in [1.82, 2.24) is 5.32 Å². The molecule has 0 aliphatic carbocycles. The first-order valence-electron chi connectivity index (χ1n) is 9.32. The Morgan fingerprint density at radius 2 is 1.47 bits per heavy atom. The molecule has 1 aliphatic rings. The number of hydrogen-bond acceptors (Lipinski definition) is 4. The molecule has 0 bridgehead atoms. The highest BCUT2D eigenvalue weighted by Gasteiger charge is 2.47. The van der Waals surface area contributed by atoms with Crippen molar-refractivity contribution in [2.24, 2.45) is 0 Å². The van der Waals surface area contributed by atoms with Crippen LogP contribution in [0, 0.1) is 11.6 Å². The van der Waals surface area contributed by atoms with E-state index < -0.39 is 29.8 Å². The van der Waals surface area contributed by atoms with Crippen molar-refractivity contribution < 1.29 is 23.5 Å². The number of amides is 1. The molecule has 1 amide bonds. The van der Waals surface area contributed by atoms with E-state index in [1.54, 1.807) is 17.0 Å². The summed E-state index contributed by atoms with van der Waals surface area (Å²) in [5.74, 6) is -1.10. The third-order valence-electron chi connectivity index (χ3n) is 5.20. The molecule has 3 unspecified atom stereocenters. The van der Waals surface area contributed by atoms with Gasteiger partial charge in [-0.1, -0.05) is 24.3 Å². The van der Waals surface area contributed by atoms with Crippen LogP contribution < -0.4 is 10.2 Å². The Labute approximate surface area is 171 Å². The van der Waals surface area contributed by atoms with Crippen LogP contribution in [0.25, 0.3) is 0 Å².